The van der Waals surface area contributed by atoms with Crippen molar-refractivity contribution in [1.82, 2.24) is 19.9 Å². The highest BCUT2D eigenvalue weighted by atomic mass is 16.5. The lowest BCUT2D eigenvalue weighted by molar-refractivity contribution is 0.0378. The van der Waals surface area contributed by atoms with Crippen LogP contribution in [0, 0.1) is 0 Å². The van der Waals surface area contributed by atoms with Gasteiger partial charge in [0.1, 0.15) is 0 Å². The van der Waals surface area contributed by atoms with E-state index in [2.05, 4.69) is 27.3 Å². The first kappa shape index (κ1) is 17.3. The number of aromatic nitrogens is 3. The number of fused-ring (bicyclic) bond motifs is 4. The Bertz CT molecular complexity index is 1120. The van der Waals surface area contributed by atoms with E-state index in [9.17, 15) is 0 Å². The van der Waals surface area contributed by atoms with Crippen molar-refractivity contribution in [2.24, 2.45) is 0 Å². The second-order valence-corrected chi connectivity index (χ2v) is 7.14. The second-order valence-electron chi connectivity index (χ2n) is 7.14. The third-order valence-electron chi connectivity index (χ3n) is 5.27. The Hall–Kier alpha value is -2.83. The summed E-state index contributed by atoms with van der Waals surface area (Å²) in [6.07, 6.45) is 2.91. The number of hydrogen-bond acceptors (Lipinski definition) is 6. The topological polar surface area (TPSA) is 63.2 Å². The van der Waals surface area contributed by atoms with Crippen molar-refractivity contribution in [3.8, 4) is 0 Å². The lowest BCUT2D eigenvalue weighted by Crippen LogP contribution is -2.37. The Kier molecular flexibility index (Phi) is 4.72. The van der Waals surface area contributed by atoms with Crippen LogP contribution in [-0.4, -0.2) is 59.2 Å². The van der Waals surface area contributed by atoms with Crippen LogP contribution < -0.4 is 5.32 Å². The molecule has 0 unspecified atom stereocenters. The number of rotatable bonds is 5. The highest BCUT2D eigenvalue weighted by Crippen LogP contribution is 2.29. The van der Waals surface area contributed by atoms with Gasteiger partial charge in [0.15, 0.2) is 0 Å². The maximum absolute atomic E-state index is 5.42. The highest BCUT2D eigenvalue weighted by molar-refractivity contribution is 6.09. The first-order valence-corrected chi connectivity index (χ1v) is 9.87. The van der Waals surface area contributed by atoms with Crippen molar-refractivity contribution in [2.75, 3.05) is 44.7 Å². The van der Waals surface area contributed by atoms with Crippen LogP contribution in [0.15, 0.2) is 48.7 Å². The van der Waals surface area contributed by atoms with Crippen LogP contribution in [0.2, 0.25) is 0 Å². The largest absolute Gasteiger partial charge is 0.383 e. The molecule has 0 atom stereocenters. The SMILES string of the molecule is c1ccc2nc3c(cc(NCCCN4CCOCC4)c4ncccc43)nc2c1. The zero-order valence-electron chi connectivity index (χ0n) is 15.8. The number of hydrogen-bond donors (Lipinski definition) is 1. The fourth-order valence-corrected chi connectivity index (χ4v) is 3.81. The van der Waals surface area contributed by atoms with Gasteiger partial charge in [0, 0.05) is 31.2 Å². The van der Waals surface area contributed by atoms with Crippen molar-refractivity contribution in [3.63, 3.8) is 0 Å². The number of nitrogens with zero attached hydrogens (tertiary/aromatic N) is 4. The number of pyridine rings is 1. The van der Waals surface area contributed by atoms with Crippen LogP contribution in [0.4, 0.5) is 5.69 Å². The summed E-state index contributed by atoms with van der Waals surface area (Å²) in [6, 6.07) is 14.1. The molecule has 1 aliphatic rings. The Morgan fingerprint density at radius 2 is 1.75 bits per heavy atom. The molecule has 1 saturated heterocycles. The quantitative estimate of drug-likeness (QED) is 0.328. The zero-order valence-corrected chi connectivity index (χ0v) is 15.8. The summed E-state index contributed by atoms with van der Waals surface area (Å²) in [5, 5.41) is 4.62. The summed E-state index contributed by atoms with van der Waals surface area (Å²) in [6.45, 7) is 5.74. The smallest absolute Gasteiger partial charge is 0.0990 e. The van der Waals surface area contributed by atoms with Crippen LogP contribution in [0.1, 0.15) is 6.42 Å². The average molecular weight is 373 g/mol. The number of anilines is 1. The second kappa shape index (κ2) is 7.66. The molecule has 0 amide bonds. The molecule has 6 nitrogen and oxygen atoms in total. The lowest BCUT2D eigenvalue weighted by Gasteiger charge is -2.26. The fourth-order valence-electron chi connectivity index (χ4n) is 3.81. The van der Waals surface area contributed by atoms with Crippen LogP contribution in [0.25, 0.3) is 33.0 Å². The van der Waals surface area contributed by atoms with E-state index < -0.39 is 0 Å². The molecule has 1 N–H and O–H groups in total. The van der Waals surface area contributed by atoms with Crippen LogP contribution in [0.5, 0.6) is 0 Å². The monoisotopic (exact) mass is 373 g/mol. The molecular formula is C22H23N5O. The molecule has 0 saturated carbocycles. The standard InChI is InChI=1S/C22H23N5O/c1-2-7-18-17(6-1)25-20-15-19(21-16(22(20)26-18)5-3-8-24-21)23-9-4-10-27-11-13-28-14-12-27/h1-3,5-8,15,23H,4,9-14H2. The molecule has 0 spiro atoms. The summed E-state index contributed by atoms with van der Waals surface area (Å²) in [4.78, 5) is 16.8. The van der Waals surface area contributed by atoms with E-state index in [1.807, 2.05) is 36.5 Å². The molecule has 1 aliphatic heterocycles. The van der Waals surface area contributed by atoms with Gasteiger partial charge in [-0.25, -0.2) is 9.97 Å². The van der Waals surface area contributed by atoms with E-state index in [1.54, 1.807) is 0 Å². The highest BCUT2D eigenvalue weighted by Gasteiger charge is 2.12. The summed E-state index contributed by atoms with van der Waals surface area (Å²) < 4.78 is 5.42. The van der Waals surface area contributed by atoms with Crippen molar-refractivity contribution in [2.45, 2.75) is 6.42 Å². The summed E-state index contributed by atoms with van der Waals surface area (Å²) >= 11 is 0. The number of morpholine rings is 1. The molecule has 0 bridgehead atoms. The predicted molar refractivity (Wildman–Crippen MR) is 113 cm³/mol. The first-order valence-electron chi connectivity index (χ1n) is 9.87. The molecule has 5 rings (SSSR count). The molecule has 28 heavy (non-hydrogen) atoms. The third-order valence-corrected chi connectivity index (χ3v) is 5.27. The molecule has 2 aromatic heterocycles. The van der Waals surface area contributed by atoms with Gasteiger partial charge in [0.05, 0.1) is 46.5 Å². The molecule has 2 aromatic carbocycles. The normalized spacial score (nSPS) is 15.4. The van der Waals surface area contributed by atoms with Gasteiger partial charge >= 0.3 is 0 Å². The third kappa shape index (κ3) is 3.37. The number of para-hydroxylation sites is 2. The summed E-state index contributed by atoms with van der Waals surface area (Å²) in [7, 11) is 0. The van der Waals surface area contributed by atoms with Gasteiger partial charge in [-0.15, -0.1) is 0 Å². The minimum atomic E-state index is 0.847. The minimum Gasteiger partial charge on any atom is -0.383 e. The maximum atomic E-state index is 5.42. The van der Waals surface area contributed by atoms with E-state index in [0.717, 1.165) is 84.5 Å². The molecular weight excluding hydrogens is 350 g/mol. The summed E-state index contributed by atoms with van der Waals surface area (Å²) in [5.74, 6) is 0. The van der Waals surface area contributed by atoms with Crippen LogP contribution >= 0.6 is 0 Å². The van der Waals surface area contributed by atoms with E-state index in [1.165, 1.54) is 0 Å². The van der Waals surface area contributed by atoms with Crippen molar-refractivity contribution in [1.29, 1.82) is 0 Å². The lowest BCUT2D eigenvalue weighted by atomic mass is 10.1. The van der Waals surface area contributed by atoms with E-state index in [-0.39, 0.29) is 0 Å². The van der Waals surface area contributed by atoms with Crippen molar-refractivity contribution < 1.29 is 4.74 Å². The Morgan fingerprint density at radius 3 is 2.61 bits per heavy atom. The Morgan fingerprint density at radius 1 is 0.929 bits per heavy atom. The zero-order chi connectivity index (χ0) is 18.8. The average Bonchev–Trinajstić information content (AvgIpc) is 2.76. The van der Waals surface area contributed by atoms with Gasteiger partial charge in [-0.05, 0) is 43.3 Å². The Balaban J connectivity index is 1.44. The van der Waals surface area contributed by atoms with Crippen LogP contribution in [-0.2, 0) is 4.74 Å². The summed E-state index contributed by atoms with van der Waals surface area (Å²) in [5.41, 5.74) is 5.60. The van der Waals surface area contributed by atoms with E-state index in [4.69, 9.17) is 14.7 Å². The molecule has 6 heteroatoms. The van der Waals surface area contributed by atoms with Gasteiger partial charge in [0.25, 0.3) is 0 Å². The molecule has 1 fully saturated rings. The number of benzene rings is 2. The van der Waals surface area contributed by atoms with E-state index >= 15 is 0 Å². The maximum Gasteiger partial charge on any atom is 0.0990 e. The van der Waals surface area contributed by atoms with Crippen molar-refractivity contribution >= 4 is 38.7 Å². The number of ether oxygens (including phenoxy) is 1. The van der Waals surface area contributed by atoms with Gasteiger partial charge in [0.2, 0.25) is 0 Å². The molecule has 4 aromatic rings. The fraction of sp³-hybridized carbons (Fsp3) is 0.318. The minimum absolute atomic E-state index is 0.847. The molecule has 0 aliphatic carbocycles. The Labute approximate surface area is 163 Å². The first-order chi connectivity index (χ1) is 13.9. The van der Waals surface area contributed by atoms with Crippen LogP contribution in [0.3, 0.4) is 0 Å². The van der Waals surface area contributed by atoms with Gasteiger partial charge in [-0.2, -0.15) is 0 Å². The van der Waals surface area contributed by atoms with Gasteiger partial charge in [-0.3, -0.25) is 9.88 Å². The number of nitrogens with one attached hydrogen (secondary N) is 1. The van der Waals surface area contributed by atoms with E-state index in [0.29, 0.717) is 0 Å². The molecule has 142 valence electrons. The molecule has 3 heterocycles. The predicted octanol–water partition coefficient (Wildman–Crippen LogP) is 3.47. The van der Waals surface area contributed by atoms with Gasteiger partial charge < -0.3 is 10.1 Å². The van der Waals surface area contributed by atoms with Gasteiger partial charge in [-0.1, -0.05) is 12.1 Å². The molecule has 0 radical (unpaired) electrons. The van der Waals surface area contributed by atoms with Crippen molar-refractivity contribution in [3.05, 3.63) is 48.7 Å².